The maximum atomic E-state index is 13.4. The summed E-state index contributed by atoms with van der Waals surface area (Å²) in [5, 5.41) is 0.828. The van der Waals surface area contributed by atoms with E-state index in [1.54, 1.807) is 13.2 Å². The summed E-state index contributed by atoms with van der Waals surface area (Å²) in [5.74, 6) is -0.805. The molecule has 1 aliphatic rings. The van der Waals surface area contributed by atoms with Crippen molar-refractivity contribution in [1.82, 2.24) is 4.98 Å². The van der Waals surface area contributed by atoms with Crippen molar-refractivity contribution in [3.8, 4) is 34.3 Å². The molecule has 0 spiro atoms. The minimum absolute atomic E-state index is 0.0271. The molecule has 0 saturated heterocycles. The first-order valence-electron chi connectivity index (χ1n) is 11.1. The highest BCUT2D eigenvalue weighted by atomic mass is 16.6. The number of benzene rings is 3. The normalized spacial score (nSPS) is 13.4. The fourth-order valence-corrected chi connectivity index (χ4v) is 4.15. The number of Topliss-reactive ketones (excluding diaryl/α,β-unsaturated/α-hetero) is 1. The molecule has 1 aliphatic heterocycles. The quantitative estimate of drug-likeness (QED) is 0.233. The van der Waals surface area contributed by atoms with E-state index >= 15 is 0 Å². The molecule has 0 bridgehead atoms. The molecule has 0 atom stereocenters. The zero-order valence-electron chi connectivity index (χ0n) is 19.7. The number of fused-ring (bicyclic) bond motifs is 2. The summed E-state index contributed by atoms with van der Waals surface area (Å²) in [6.07, 6.45) is 1.64. The van der Waals surface area contributed by atoms with E-state index in [9.17, 15) is 14.4 Å². The first-order valence-corrected chi connectivity index (χ1v) is 11.1. The van der Waals surface area contributed by atoms with Gasteiger partial charge in [0.1, 0.15) is 28.6 Å². The monoisotopic (exact) mass is 483 g/mol. The molecule has 0 aliphatic carbocycles. The van der Waals surface area contributed by atoms with Crippen molar-refractivity contribution in [3.63, 3.8) is 0 Å². The molecule has 1 N–H and O–H groups in total. The van der Waals surface area contributed by atoms with E-state index in [4.69, 9.17) is 18.9 Å². The lowest BCUT2D eigenvalue weighted by Crippen LogP contribution is -2.07. The van der Waals surface area contributed by atoms with Gasteiger partial charge < -0.3 is 23.9 Å². The summed E-state index contributed by atoms with van der Waals surface area (Å²) in [5.41, 5.74) is 3.36. The number of ketones is 1. The van der Waals surface area contributed by atoms with Crippen LogP contribution in [0.25, 0.3) is 28.2 Å². The summed E-state index contributed by atoms with van der Waals surface area (Å²) >= 11 is 0. The number of hydrogen-bond acceptors (Lipinski definition) is 7. The highest BCUT2D eigenvalue weighted by Crippen LogP contribution is 2.43. The molecule has 0 amide bonds. The Morgan fingerprint density at radius 2 is 1.67 bits per heavy atom. The SMILES string of the molecule is COc1ccc2[nH]c(-c3ccccc3)c(/C=C3\Oc4cc(OC(C)=O)cc(OC(C)=O)c4C3=O)c2c1. The molecule has 36 heavy (non-hydrogen) atoms. The van der Waals surface area contributed by atoms with Crippen molar-refractivity contribution in [2.45, 2.75) is 13.8 Å². The number of carbonyl (C=O) groups excluding carboxylic acids is 3. The average Bonchev–Trinajstić information content (AvgIpc) is 3.36. The van der Waals surface area contributed by atoms with Gasteiger partial charge in [-0.05, 0) is 29.8 Å². The molecular formula is C28H21NO7. The maximum Gasteiger partial charge on any atom is 0.308 e. The number of nitrogens with one attached hydrogen (secondary N) is 1. The van der Waals surface area contributed by atoms with Gasteiger partial charge >= 0.3 is 11.9 Å². The van der Waals surface area contributed by atoms with Crippen LogP contribution in [-0.2, 0) is 9.59 Å². The van der Waals surface area contributed by atoms with E-state index < -0.39 is 17.7 Å². The lowest BCUT2D eigenvalue weighted by atomic mass is 10.0. The van der Waals surface area contributed by atoms with Crippen LogP contribution in [0.5, 0.6) is 23.0 Å². The molecule has 5 rings (SSSR count). The zero-order valence-corrected chi connectivity index (χ0v) is 19.7. The Morgan fingerprint density at radius 3 is 2.36 bits per heavy atom. The number of allylic oxidation sites excluding steroid dienone is 1. The van der Waals surface area contributed by atoms with Crippen LogP contribution in [0.3, 0.4) is 0 Å². The van der Waals surface area contributed by atoms with E-state index in [0.717, 1.165) is 27.7 Å². The molecule has 2 heterocycles. The topological polar surface area (TPSA) is 104 Å². The molecule has 180 valence electrons. The molecule has 1 aromatic heterocycles. The standard InChI is InChI=1S/C28H21NO7/c1-15(30)34-19-12-23(35-16(2)31)26-24(13-19)36-25(28(26)32)14-21-20-11-18(33-3)9-10-22(20)29-27(21)17-7-5-4-6-8-17/h4-14,29H,1-3H3/b25-14-. The number of H-pyrrole nitrogens is 1. The maximum absolute atomic E-state index is 13.4. The fraction of sp³-hybridized carbons (Fsp3) is 0.107. The Hall–Kier alpha value is -4.85. The van der Waals surface area contributed by atoms with E-state index in [2.05, 4.69) is 4.98 Å². The zero-order chi connectivity index (χ0) is 25.4. The Balaban J connectivity index is 1.67. The second-order valence-corrected chi connectivity index (χ2v) is 8.11. The highest BCUT2D eigenvalue weighted by molar-refractivity contribution is 6.17. The van der Waals surface area contributed by atoms with Crippen LogP contribution in [0.4, 0.5) is 0 Å². The number of rotatable bonds is 5. The van der Waals surface area contributed by atoms with Crippen molar-refractivity contribution >= 4 is 34.7 Å². The van der Waals surface area contributed by atoms with Crippen LogP contribution in [0.2, 0.25) is 0 Å². The minimum Gasteiger partial charge on any atom is -0.497 e. The molecule has 0 fully saturated rings. The predicted octanol–water partition coefficient (Wildman–Crippen LogP) is 5.31. The molecule has 0 saturated carbocycles. The average molecular weight is 483 g/mol. The van der Waals surface area contributed by atoms with Crippen LogP contribution < -0.4 is 18.9 Å². The van der Waals surface area contributed by atoms with Gasteiger partial charge in [-0.25, -0.2) is 0 Å². The Labute approximate surface area is 206 Å². The Kier molecular flexibility index (Phi) is 5.77. The van der Waals surface area contributed by atoms with E-state index in [1.165, 1.54) is 26.0 Å². The number of hydrogen-bond donors (Lipinski definition) is 1. The third-order valence-electron chi connectivity index (χ3n) is 5.61. The second-order valence-electron chi connectivity index (χ2n) is 8.11. The van der Waals surface area contributed by atoms with Gasteiger partial charge in [0.15, 0.2) is 5.76 Å². The smallest absolute Gasteiger partial charge is 0.308 e. The molecule has 8 nitrogen and oxygen atoms in total. The number of esters is 2. The van der Waals surface area contributed by atoms with Crippen molar-refractivity contribution in [2.24, 2.45) is 0 Å². The summed E-state index contributed by atoms with van der Waals surface area (Å²) in [7, 11) is 1.58. The van der Waals surface area contributed by atoms with Gasteiger partial charge in [-0.15, -0.1) is 0 Å². The lowest BCUT2D eigenvalue weighted by Gasteiger charge is -2.08. The minimum atomic E-state index is -0.627. The van der Waals surface area contributed by atoms with Crippen molar-refractivity contribution < 1.29 is 33.3 Å². The van der Waals surface area contributed by atoms with E-state index in [-0.39, 0.29) is 28.6 Å². The van der Waals surface area contributed by atoms with Gasteiger partial charge in [0.2, 0.25) is 5.78 Å². The van der Waals surface area contributed by atoms with Gasteiger partial charge in [0.05, 0.1) is 12.8 Å². The van der Waals surface area contributed by atoms with Gasteiger partial charge in [0, 0.05) is 42.4 Å². The first kappa shape index (κ1) is 22.9. The summed E-state index contributed by atoms with van der Waals surface area (Å²) in [6.45, 7) is 2.46. The van der Waals surface area contributed by atoms with Gasteiger partial charge in [-0.3, -0.25) is 14.4 Å². The fourth-order valence-electron chi connectivity index (χ4n) is 4.15. The molecular weight excluding hydrogens is 462 g/mol. The largest absolute Gasteiger partial charge is 0.497 e. The number of aromatic amines is 1. The van der Waals surface area contributed by atoms with Crippen LogP contribution in [0.1, 0.15) is 29.8 Å². The molecule has 0 radical (unpaired) electrons. The number of carbonyl (C=O) groups is 3. The Bertz CT molecular complexity index is 1560. The number of ether oxygens (including phenoxy) is 4. The molecule has 8 heteroatoms. The third kappa shape index (κ3) is 4.20. The summed E-state index contributed by atoms with van der Waals surface area (Å²) < 4.78 is 21.7. The number of aromatic nitrogens is 1. The third-order valence-corrected chi connectivity index (χ3v) is 5.61. The van der Waals surface area contributed by atoms with Crippen LogP contribution in [0.15, 0.2) is 66.4 Å². The van der Waals surface area contributed by atoms with Crippen LogP contribution in [0, 0.1) is 0 Å². The molecule has 3 aromatic carbocycles. The van der Waals surface area contributed by atoms with Crippen LogP contribution in [-0.4, -0.2) is 29.8 Å². The number of methoxy groups -OCH3 is 1. The second kappa shape index (κ2) is 9.07. The molecule has 0 unspecified atom stereocenters. The molecule has 4 aromatic rings. The van der Waals surface area contributed by atoms with Gasteiger partial charge in [0.25, 0.3) is 0 Å². The summed E-state index contributed by atoms with van der Waals surface area (Å²) in [4.78, 5) is 40.0. The summed E-state index contributed by atoms with van der Waals surface area (Å²) in [6, 6.07) is 18.0. The van der Waals surface area contributed by atoms with Gasteiger partial charge in [-0.2, -0.15) is 0 Å². The highest BCUT2D eigenvalue weighted by Gasteiger charge is 2.33. The van der Waals surface area contributed by atoms with Gasteiger partial charge in [-0.1, -0.05) is 30.3 Å². The van der Waals surface area contributed by atoms with E-state index in [1.807, 2.05) is 48.5 Å². The predicted molar refractivity (Wildman–Crippen MR) is 132 cm³/mol. The Morgan fingerprint density at radius 1 is 0.917 bits per heavy atom. The lowest BCUT2D eigenvalue weighted by molar-refractivity contribution is -0.132. The van der Waals surface area contributed by atoms with Crippen molar-refractivity contribution in [1.29, 1.82) is 0 Å². The van der Waals surface area contributed by atoms with E-state index in [0.29, 0.717) is 5.75 Å². The van der Waals surface area contributed by atoms with Crippen molar-refractivity contribution in [2.75, 3.05) is 7.11 Å². The van der Waals surface area contributed by atoms with Crippen molar-refractivity contribution in [3.05, 3.63) is 77.5 Å². The first-order chi connectivity index (χ1) is 17.3. The van der Waals surface area contributed by atoms with Crippen LogP contribution >= 0.6 is 0 Å².